The number of carbonyl (C=O) groups is 1. The second-order valence-corrected chi connectivity index (χ2v) is 5.89. The fourth-order valence-electron chi connectivity index (χ4n) is 2.56. The van der Waals surface area contributed by atoms with E-state index < -0.39 is 5.97 Å². The molecule has 0 spiro atoms. The summed E-state index contributed by atoms with van der Waals surface area (Å²) in [5.41, 5.74) is 0.177. The Balaban J connectivity index is 2.14. The zero-order chi connectivity index (χ0) is 14.0. The van der Waals surface area contributed by atoms with Crippen molar-refractivity contribution in [2.24, 2.45) is 11.8 Å². The zero-order valence-corrected chi connectivity index (χ0v) is 12.0. The standard InChI is InChI=1S/C15H19ClO3/c1-9-3-5-12(7-10(9)2)19-14-8-11(16)4-6-13(14)15(17)18/h4,6,8-10,12H,3,5,7H2,1-2H3,(H,17,18). The summed E-state index contributed by atoms with van der Waals surface area (Å²) in [7, 11) is 0. The van der Waals surface area contributed by atoms with Crippen LogP contribution in [0.15, 0.2) is 18.2 Å². The minimum absolute atomic E-state index is 0.0859. The molecule has 0 heterocycles. The number of ether oxygens (including phenoxy) is 1. The summed E-state index contributed by atoms with van der Waals surface area (Å²) in [5, 5.41) is 9.65. The highest BCUT2D eigenvalue weighted by atomic mass is 35.5. The van der Waals surface area contributed by atoms with E-state index in [0.717, 1.165) is 19.3 Å². The molecule has 1 aliphatic rings. The predicted octanol–water partition coefficient (Wildman–Crippen LogP) is 4.24. The largest absolute Gasteiger partial charge is 0.489 e. The Bertz CT molecular complexity index is 472. The van der Waals surface area contributed by atoms with Crippen LogP contribution in [-0.2, 0) is 0 Å². The normalized spacial score (nSPS) is 27.0. The van der Waals surface area contributed by atoms with Crippen LogP contribution in [0.2, 0.25) is 5.02 Å². The Morgan fingerprint density at radius 2 is 2.05 bits per heavy atom. The van der Waals surface area contributed by atoms with Gasteiger partial charge in [0, 0.05) is 5.02 Å². The second kappa shape index (κ2) is 5.83. The molecule has 0 aromatic heterocycles. The Kier molecular flexibility index (Phi) is 4.35. The first kappa shape index (κ1) is 14.2. The molecule has 104 valence electrons. The summed E-state index contributed by atoms with van der Waals surface area (Å²) in [6.45, 7) is 4.47. The van der Waals surface area contributed by atoms with E-state index in [-0.39, 0.29) is 11.7 Å². The number of carboxylic acids is 1. The van der Waals surface area contributed by atoms with Crippen LogP contribution in [0, 0.1) is 11.8 Å². The van der Waals surface area contributed by atoms with E-state index in [9.17, 15) is 4.79 Å². The molecular weight excluding hydrogens is 264 g/mol. The Hall–Kier alpha value is -1.22. The average molecular weight is 283 g/mol. The molecule has 0 bridgehead atoms. The van der Waals surface area contributed by atoms with Crippen molar-refractivity contribution >= 4 is 17.6 Å². The Morgan fingerprint density at radius 1 is 1.32 bits per heavy atom. The van der Waals surface area contributed by atoms with Crippen molar-refractivity contribution in [1.29, 1.82) is 0 Å². The van der Waals surface area contributed by atoms with Gasteiger partial charge in [-0.3, -0.25) is 0 Å². The van der Waals surface area contributed by atoms with Crippen LogP contribution in [-0.4, -0.2) is 17.2 Å². The lowest BCUT2D eigenvalue weighted by molar-refractivity contribution is 0.0675. The maximum Gasteiger partial charge on any atom is 0.339 e. The van der Waals surface area contributed by atoms with E-state index in [2.05, 4.69) is 13.8 Å². The molecule has 0 amide bonds. The number of hydrogen-bond donors (Lipinski definition) is 1. The van der Waals surface area contributed by atoms with Crippen LogP contribution in [0.25, 0.3) is 0 Å². The van der Waals surface area contributed by atoms with E-state index in [1.807, 2.05) is 0 Å². The highest BCUT2D eigenvalue weighted by molar-refractivity contribution is 6.30. The lowest BCUT2D eigenvalue weighted by Crippen LogP contribution is -2.29. The predicted molar refractivity (Wildman–Crippen MR) is 75.0 cm³/mol. The first-order valence-corrected chi connectivity index (χ1v) is 7.04. The molecule has 2 rings (SSSR count). The van der Waals surface area contributed by atoms with Crippen molar-refractivity contribution < 1.29 is 14.6 Å². The van der Waals surface area contributed by atoms with E-state index >= 15 is 0 Å². The van der Waals surface area contributed by atoms with Gasteiger partial charge in [0.25, 0.3) is 0 Å². The molecule has 0 radical (unpaired) electrons. The van der Waals surface area contributed by atoms with Gasteiger partial charge in [-0.2, -0.15) is 0 Å². The number of halogens is 1. The lowest BCUT2D eigenvalue weighted by Gasteiger charge is -2.32. The first-order valence-electron chi connectivity index (χ1n) is 6.67. The average Bonchev–Trinajstić information content (AvgIpc) is 2.33. The number of aromatic carboxylic acids is 1. The Labute approximate surface area is 118 Å². The van der Waals surface area contributed by atoms with Gasteiger partial charge in [0.15, 0.2) is 0 Å². The van der Waals surface area contributed by atoms with Gasteiger partial charge in [0.05, 0.1) is 6.10 Å². The monoisotopic (exact) mass is 282 g/mol. The van der Waals surface area contributed by atoms with Gasteiger partial charge in [-0.1, -0.05) is 25.4 Å². The third-order valence-electron chi connectivity index (χ3n) is 4.02. The van der Waals surface area contributed by atoms with Crippen molar-refractivity contribution in [3.8, 4) is 5.75 Å². The molecule has 3 unspecified atom stereocenters. The van der Waals surface area contributed by atoms with Gasteiger partial charge in [0.2, 0.25) is 0 Å². The highest BCUT2D eigenvalue weighted by Crippen LogP contribution is 2.33. The van der Waals surface area contributed by atoms with Crippen molar-refractivity contribution in [3.05, 3.63) is 28.8 Å². The van der Waals surface area contributed by atoms with E-state index in [0.29, 0.717) is 22.6 Å². The molecule has 0 saturated heterocycles. The third-order valence-corrected chi connectivity index (χ3v) is 4.25. The SMILES string of the molecule is CC1CCC(Oc2cc(Cl)ccc2C(=O)O)CC1C. The third kappa shape index (κ3) is 3.41. The summed E-state index contributed by atoms with van der Waals surface area (Å²) in [5.74, 6) is 0.708. The number of rotatable bonds is 3. The molecule has 1 aromatic carbocycles. The van der Waals surface area contributed by atoms with Crippen molar-refractivity contribution in [2.45, 2.75) is 39.2 Å². The maximum absolute atomic E-state index is 11.2. The molecule has 1 saturated carbocycles. The van der Waals surface area contributed by atoms with Crippen molar-refractivity contribution in [1.82, 2.24) is 0 Å². The van der Waals surface area contributed by atoms with Gasteiger partial charge in [0.1, 0.15) is 11.3 Å². The second-order valence-electron chi connectivity index (χ2n) is 5.45. The van der Waals surface area contributed by atoms with Gasteiger partial charge >= 0.3 is 5.97 Å². The molecule has 0 aliphatic heterocycles. The minimum Gasteiger partial charge on any atom is -0.489 e. The fourth-order valence-corrected chi connectivity index (χ4v) is 2.72. The van der Waals surface area contributed by atoms with Gasteiger partial charge in [-0.15, -0.1) is 0 Å². The van der Waals surface area contributed by atoms with Crippen molar-refractivity contribution in [3.63, 3.8) is 0 Å². The van der Waals surface area contributed by atoms with E-state index in [1.165, 1.54) is 6.07 Å². The van der Waals surface area contributed by atoms with E-state index in [4.69, 9.17) is 21.4 Å². The summed E-state index contributed by atoms with van der Waals surface area (Å²) in [6, 6.07) is 4.66. The summed E-state index contributed by atoms with van der Waals surface area (Å²) < 4.78 is 5.88. The van der Waals surface area contributed by atoms with Gasteiger partial charge in [-0.25, -0.2) is 4.79 Å². The number of benzene rings is 1. The van der Waals surface area contributed by atoms with E-state index in [1.54, 1.807) is 12.1 Å². The Morgan fingerprint density at radius 3 is 2.68 bits per heavy atom. The van der Waals surface area contributed by atoms with Crippen LogP contribution in [0.1, 0.15) is 43.5 Å². The summed E-state index contributed by atoms with van der Waals surface area (Å²) in [6.07, 6.45) is 3.14. The van der Waals surface area contributed by atoms with Crippen LogP contribution in [0.5, 0.6) is 5.75 Å². The minimum atomic E-state index is -0.983. The molecule has 19 heavy (non-hydrogen) atoms. The first-order chi connectivity index (χ1) is 8.97. The molecule has 3 atom stereocenters. The molecule has 1 fully saturated rings. The number of carboxylic acid groups (broad SMARTS) is 1. The maximum atomic E-state index is 11.2. The molecular formula is C15H19ClO3. The highest BCUT2D eigenvalue weighted by Gasteiger charge is 2.26. The molecule has 4 heteroatoms. The summed E-state index contributed by atoms with van der Waals surface area (Å²) >= 11 is 5.92. The summed E-state index contributed by atoms with van der Waals surface area (Å²) in [4.78, 5) is 11.2. The quantitative estimate of drug-likeness (QED) is 0.902. The van der Waals surface area contributed by atoms with Crippen LogP contribution in [0.3, 0.4) is 0 Å². The molecule has 1 N–H and O–H groups in total. The van der Waals surface area contributed by atoms with Crippen LogP contribution < -0.4 is 4.74 Å². The fraction of sp³-hybridized carbons (Fsp3) is 0.533. The molecule has 1 aromatic rings. The van der Waals surface area contributed by atoms with Gasteiger partial charge < -0.3 is 9.84 Å². The lowest BCUT2D eigenvalue weighted by atomic mass is 9.80. The zero-order valence-electron chi connectivity index (χ0n) is 11.2. The van der Waals surface area contributed by atoms with Crippen LogP contribution in [0.4, 0.5) is 0 Å². The van der Waals surface area contributed by atoms with Gasteiger partial charge in [-0.05, 0) is 49.3 Å². The smallest absolute Gasteiger partial charge is 0.339 e. The molecule has 1 aliphatic carbocycles. The number of hydrogen-bond acceptors (Lipinski definition) is 2. The topological polar surface area (TPSA) is 46.5 Å². The van der Waals surface area contributed by atoms with Crippen molar-refractivity contribution in [2.75, 3.05) is 0 Å². The van der Waals surface area contributed by atoms with Crippen LogP contribution >= 0.6 is 11.6 Å². The molecule has 3 nitrogen and oxygen atoms in total.